The molecule has 0 atom stereocenters. The smallest absolute Gasteiger partial charge is 0.150 e. The molecule has 0 aliphatic heterocycles. The van der Waals surface area contributed by atoms with Gasteiger partial charge in [-0.1, -0.05) is 25.4 Å². The van der Waals surface area contributed by atoms with Crippen molar-refractivity contribution in [3.8, 4) is 0 Å². The van der Waals surface area contributed by atoms with E-state index in [4.69, 9.17) is 17.3 Å². The maximum absolute atomic E-state index is 13.2. The molecule has 0 aliphatic carbocycles. The average Bonchev–Trinajstić information content (AvgIpc) is 2.09. The van der Waals surface area contributed by atoms with E-state index in [1.165, 1.54) is 12.1 Å². The fraction of sp³-hybridized carbons (Fsp3) is 0.300. The first kappa shape index (κ1) is 11.0. The number of hydrogen-bond donors (Lipinski definition) is 1. The third kappa shape index (κ3) is 2.70. The number of nitrogens with zero attached hydrogens (tertiary/aromatic N) is 1. The van der Waals surface area contributed by atoms with Crippen LogP contribution >= 0.6 is 11.6 Å². The lowest BCUT2D eigenvalue weighted by Crippen LogP contribution is -2.18. The molecule has 4 heteroatoms. The van der Waals surface area contributed by atoms with Crippen molar-refractivity contribution in [3.05, 3.63) is 29.0 Å². The lowest BCUT2D eigenvalue weighted by atomic mass is 10.2. The van der Waals surface area contributed by atoms with Gasteiger partial charge in [0.25, 0.3) is 0 Å². The molecule has 0 aromatic heterocycles. The van der Waals surface area contributed by atoms with Crippen molar-refractivity contribution in [3.63, 3.8) is 0 Å². The monoisotopic (exact) mass is 214 g/mol. The first-order chi connectivity index (χ1) is 6.50. The Hall–Kier alpha value is -1.09. The molecular weight excluding hydrogens is 203 g/mol. The van der Waals surface area contributed by atoms with Crippen LogP contribution in [0.2, 0.25) is 5.02 Å². The molecule has 0 fully saturated rings. The Morgan fingerprint density at radius 3 is 2.64 bits per heavy atom. The van der Waals surface area contributed by atoms with E-state index in [9.17, 15) is 4.39 Å². The molecule has 0 amide bonds. The average molecular weight is 215 g/mol. The predicted molar refractivity (Wildman–Crippen MR) is 57.5 cm³/mol. The molecule has 0 saturated heterocycles. The maximum atomic E-state index is 13.2. The number of rotatable bonds is 2. The van der Waals surface area contributed by atoms with Gasteiger partial charge >= 0.3 is 0 Å². The van der Waals surface area contributed by atoms with Gasteiger partial charge < -0.3 is 5.73 Å². The molecule has 0 bridgehead atoms. The van der Waals surface area contributed by atoms with E-state index in [1.54, 1.807) is 6.07 Å². The molecule has 2 N–H and O–H groups in total. The standard InChI is InChI=1S/C10H12ClFN2/c1-6(2)10(13)14-9-4-3-7(11)5-8(9)12/h3-6H,1-2H3,(H2,13,14). The van der Waals surface area contributed by atoms with Gasteiger partial charge in [0.1, 0.15) is 17.3 Å². The number of hydrogen-bond acceptors (Lipinski definition) is 1. The first-order valence-corrected chi connectivity index (χ1v) is 4.67. The molecule has 0 spiro atoms. The summed E-state index contributed by atoms with van der Waals surface area (Å²) in [6.45, 7) is 3.79. The largest absolute Gasteiger partial charge is 0.387 e. The van der Waals surface area contributed by atoms with Crippen molar-refractivity contribution in [2.75, 3.05) is 0 Å². The SMILES string of the molecule is CC(C)C(N)=Nc1ccc(Cl)cc1F. The van der Waals surface area contributed by atoms with Gasteiger partial charge in [0.15, 0.2) is 0 Å². The topological polar surface area (TPSA) is 38.4 Å². The zero-order valence-corrected chi connectivity index (χ0v) is 8.85. The van der Waals surface area contributed by atoms with E-state index in [-0.39, 0.29) is 11.6 Å². The molecule has 14 heavy (non-hydrogen) atoms. The second kappa shape index (κ2) is 4.42. The van der Waals surface area contributed by atoms with E-state index in [0.717, 1.165) is 0 Å². The second-order valence-electron chi connectivity index (χ2n) is 3.29. The number of aliphatic imine (C=N–C) groups is 1. The molecule has 0 heterocycles. The van der Waals surface area contributed by atoms with Crippen molar-refractivity contribution in [1.82, 2.24) is 0 Å². The van der Waals surface area contributed by atoms with E-state index >= 15 is 0 Å². The summed E-state index contributed by atoms with van der Waals surface area (Å²) in [6.07, 6.45) is 0. The summed E-state index contributed by atoms with van der Waals surface area (Å²) >= 11 is 5.60. The second-order valence-corrected chi connectivity index (χ2v) is 3.72. The molecular formula is C10H12ClFN2. The summed E-state index contributed by atoms with van der Waals surface area (Å²) in [5.41, 5.74) is 5.83. The zero-order valence-electron chi connectivity index (χ0n) is 8.09. The van der Waals surface area contributed by atoms with Gasteiger partial charge in [-0.25, -0.2) is 9.38 Å². The molecule has 1 aromatic carbocycles. The van der Waals surface area contributed by atoms with E-state index in [2.05, 4.69) is 4.99 Å². The van der Waals surface area contributed by atoms with Gasteiger partial charge in [0, 0.05) is 10.9 Å². The molecule has 0 saturated carbocycles. The minimum absolute atomic E-state index is 0.102. The number of amidine groups is 1. The van der Waals surface area contributed by atoms with Crippen molar-refractivity contribution in [2.24, 2.45) is 16.6 Å². The highest BCUT2D eigenvalue weighted by atomic mass is 35.5. The van der Waals surface area contributed by atoms with Gasteiger partial charge in [0.2, 0.25) is 0 Å². The van der Waals surface area contributed by atoms with Gasteiger partial charge in [-0.15, -0.1) is 0 Å². The quantitative estimate of drug-likeness (QED) is 0.596. The Morgan fingerprint density at radius 1 is 1.50 bits per heavy atom. The first-order valence-electron chi connectivity index (χ1n) is 4.30. The Morgan fingerprint density at radius 2 is 2.14 bits per heavy atom. The van der Waals surface area contributed by atoms with Gasteiger partial charge in [-0.2, -0.15) is 0 Å². The van der Waals surface area contributed by atoms with Crippen LogP contribution in [0.1, 0.15) is 13.8 Å². The number of halogens is 2. The van der Waals surface area contributed by atoms with Gasteiger partial charge in [-0.3, -0.25) is 0 Å². The van der Waals surface area contributed by atoms with Crippen LogP contribution in [0.4, 0.5) is 10.1 Å². The Bertz CT molecular complexity index is 361. The third-order valence-corrected chi connectivity index (χ3v) is 1.99. The minimum atomic E-state index is -0.457. The predicted octanol–water partition coefficient (Wildman–Crippen LogP) is 3.12. The van der Waals surface area contributed by atoms with Crippen LogP contribution in [0, 0.1) is 11.7 Å². The molecule has 0 unspecified atom stereocenters. The van der Waals surface area contributed by atoms with Crippen molar-refractivity contribution in [1.29, 1.82) is 0 Å². The fourth-order valence-corrected chi connectivity index (χ4v) is 0.999. The van der Waals surface area contributed by atoms with Crippen LogP contribution in [0.15, 0.2) is 23.2 Å². The highest BCUT2D eigenvalue weighted by Gasteiger charge is 2.04. The third-order valence-electron chi connectivity index (χ3n) is 1.75. The van der Waals surface area contributed by atoms with Gasteiger partial charge in [0.05, 0.1) is 0 Å². The minimum Gasteiger partial charge on any atom is -0.387 e. The van der Waals surface area contributed by atoms with E-state index in [0.29, 0.717) is 10.9 Å². The van der Waals surface area contributed by atoms with Crippen LogP contribution in [-0.2, 0) is 0 Å². The summed E-state index contributed by atoms with van der Waals surface area (Å²) in [5, 5.41) is 0.351. The summed E-state index contributed by atoms with van der Waals surface area (Å²) in [7, 11) is 0. The Balaban J connectivity index is 3.03. The lowest BCUT2D eigenvalue weighted by Gasteiger charge is -2.04. The van der Waals surface area contributed by atoms with Gasteiger partial charge in [-0.05, 0) is 18.2 Å². The van der Waals surface area contributed by atoms with Crippen molar-refractivity contribution >= 4 is 23.1 Å². The van der Waals surface area contributed by atoms with Crippen LogP contribution in [0.25, 0.3) is 0 Å². The lowest BCUT2D eigenvalue weighted by molar-refractivity contribution is 0.629. The normalized spacial score (nSPS) is 12.2. The van der Waals surface area contributed by atoms with Crippen molar-refractivity contribution in [2.45, 2.75) is 13.8 Å². The molecule has 0 radical (unpaired) electrons. The maximum Gasteiger partial charge on any atom is 0.150 e. The van der Waals surface area contributed by atoms with Crippen LogP contribution < -0.4 is 5.73 Å². The van der Waals surface area contributed by atoms with Crippen LogP contribution in [0.3, 0.4) is 0 Å². The highest BCUT2D eigenvalue weighted by molar-refractivity contribution is 6.30. The summed E-state index contributed by atoms with van der Waals surface area (Å²) in [5.74, 6) is 0.0531. The van der Waals surface area contributed by atoms with Crippen LogP contribution in [0.5, 0.6) is 0 Å². The Kier molecular flexibility index (Phi) is 3.47. The van der Waals surface area contributed by atoms with E-state index in [1.807, 2.05) is 13.8 Å². The highest BCUT2D eigenvalue weighted by Crippen LogP contribution is 2.21. The van der Waals surface area contributed by atoms with Crippen molar-refractivity contribution < 1.29 is 4.39 Å². The van der Waals surface area contributed by atoms with Crippen LogP contribution in [-0.4, -0.2) is 5.84 Å². The number of nitrogens with two attached hydrogens (primary N) is 1. The Labute approximate surface area is 87.6 Å². The fourth-order valence-electron chi connectivity index (χ4n) is 0.840. The zero-order chi connectivity index (χ0) is 10.7. The molecule has 1 rings (SSSR count). The molecule has 2 nitrogen and oxygen atoms in total. The number of benzene rings is 1. The van der Waals surface area contributed by atoms with E-state index < -0.39 is 5.82 Å². The molecule has 1 aromatic rings. The molecule has 76 valence electrons. The molecule has 0 aliphatic rings. The summed E-state index contributed by atoms with van der Waals surface area (Å²) in [4.78, 5) is 3.96. The summed E-state index contributed by atoms with van der Waals surface area (Å²) in [6, 6.07) is 4.30. The summed E-state index contributed by atoms with van der Waals surface area (Å²) < 4.78 is 13.2.